The van der Waals surface area contributed by atoms with Crippen molar-refractivity contribution in [2.75, 3.05) is 17.2 Å². The van der Waals surface area contributed by atoms with Crippen LogP contribution in [0, 0.1) is 0 Å². The predicted octanol–water partition coefficient (Wildman–Crippen LogP) is 3.43. The highest BCUT2D eigenvalue weighted by Crippen LogP contribution is 2.37. The Morgan fingerprint density at radius 1 is 1.32 bits per heavy atom. The lowest BCUT2D eigenvalue weighted by Gasteiger charge is -2.30. The van der Waals surface area contributed by atoms with Crippen LogP contribution in [0.15, 0.2) is 46.8 Å². The van der Waals surface area contributed by atoms with E-state index in [1.165, 1.54) is 0 Å². The highest BCUT2D eigenvalue weighted by atomic mass is 16.5. The summed E-state index contributed by atoms with van der Waals surface area (Å²) in [6.07, 6.45) is 5.09. The predicted molar refractivity (Wildman–Crippen MR) is 85.4 cm³/mol. The Morgan fingerprint density at radius 3 is 2.91 bits per heavy atom. The second-order valence-electron chi connectivity index (χ2n) is 5.16. The van der Waals surface area contributed by atoms with Gasteiger partial charge in [0.2, 0.25) is 0 Å². The van der Waals surface area contributed by atoms with Gasteiger partial charge < -0.3 is 19.8 Å². The lowest BCUT2D eigenvalue weighted by Crippen LogP contribution is -2.38. The summed E-state index contributed by atoms with van der Waals surface area (Å²) in [7, 11) is 0. The van der Waals surface area contributed by atoms with Gasteiger partial charge in [-0.2, -0.15) is 0 Å². The smallest absolute Gasteiger partial charge is 0.294 e. The number of hydrogen-bond acceptors (Lipinski definition) is 4. The van der Waals surface area contributed by atoms with Crippen molar-refractivity contribution in [2.24, 2.45) is 0 Å². The van der Waals surface area contributed by atoms with Crippen molar-refractivity contribution in [2.45, 2.75) is 19.8 Å². The van der Waals surface area contributed by atoms with Crippen molar-refractivity contribution in [3.63, 3.8) is 0 Å². The van der Waals surface area contributed by atoms with Crippen molar-refractivity contribution >= 4 is 23.4 Å². The van der Waals surface area contributed by atoms with Crippen molar-refractivity contribution in [3.8, 4) is 5.75 Å². The van der Waals surface area contributed by atoms with E-state index in [0.717, 1.165) is 18.5 Å². The molecule has 1 aliphatic rings. The molecule has 2 N–H and O–H groups in total. The number of carbonyl (C=O) groups excluding carboxylic acids is 1. The standard InChI is InChI=1S/C17H18N2O3/c1-2-3-8-19-14-7-6-12(18)10-15(14)22-16(17(19)20)11-13-5-4-9-21-13/h4-7,9-11H,2-3,8,18H2,1H3/b16-11+. The van der Waals surface area contributed by atoms with Crippen molar-refractivity contribution in [1.29, 1.82) is 0 Å². The molecule has 0 saturated carbocycles. The van der Waals surface area contributed by atoms with Crippen molar-refractivity contribution < 1.29 is 13.9 Å². The van der Waals surface area contributed by atoms with E-state index in [1.807, 2.05) is 6.07 Å². The van der Waals surface area contributed by atoms with E-state index in [4.69, 9.17) is 14.9 Å². The first-order valence-electron chi connectivity index (χ1n) is 7.33. The Kier molecular flexibility index (Phi) is 3.87. The molecule has 1 aromatic carbocycles. The van der Waals surface area contributed by atoms with E-state index >= 15 is 0 Å². The number of ether oxygens (including phenoxy) is 1. The summed E-state index contributed by atoms with van der Waals surface area (Å²) in [6.45, 7) is 2.74. The van der Waals surface area contributed by atoms with Gasteiger partial charge in [0.25, 0.3) is 5.91 Å². The highest BCUT2D eigenvalue weighted by molar-refractivity contribution is 6.09. The molecular formula is C17H18N2O3. The Morgan fingerprint density at radius 2 is 2.18 bits per heavy atom. The molecule has 1 aromatic heterocycles. The number of amides is 1. The molecule has 1 amide bonds. The third-order valence-corrected chi connectivity index (χ3v) is 3.50. The number of furan rings is 1. The molecule has 0 bridgehead atoms. The summed E-state index contributed by atoms with van der Waals surface area (Å²) in [5.74, 6) is 1.24. The number of nitrogens with two attached hydrogens (primary N) is 1. The Hall–Kier alpha value is -2.69. The van der Waals surface area contributed by atoms with Crippen LogP contribution in [0.3, 0.4) is 0 Å². The molecular weight excluding hydrogens is 280 g/mol. The zero-order valence-electron chi connectivity index (χ0n) is 12.4. The van der Waals surface area contributed by atoms with Gasteiger partial charge in [0, 0.05) is 24.4 Å². The number of benzene rings is 1. The molecule has 114 valence electrons. The van der Waals surface area contributed by atoms with Gasteiger partial charge in [0.15, 0.2) is 11.5 Å². The largest absolute Gasteiger partial charge is 0.465 e. The second-order valence-corrected chi connectivity index (χ2v) is 5.16. The first-order valence-corrected chi connectivity index (χ1v) is 7.33. The van der Waals surface area contributed by atoms with Crippen LogP contribution in [0.25, 0.3) is 6.08 Å². The van der Waals surface area contributed by atoms with Crippen molar-refractivity contribution in [3.05, 3.63) is 48.1 Å². The minimum atomic E-state index is -0.165. The molecule has 2 aromatic rings. The fourth-order valence-corrected chi connectivity index (χ4v) is 2.37. The Bertz CT molecular complexity index is 705. The average Bonchev–Trinajstić information content (AvgIpc) is 3.00. The minimum absolute atomic E-state index is 0.165. The lowest BCUT2D eigenvalue weighted by atomic mass is 10.1. The number of nitrogen functional groups attached to an aromatic ring is 1. The third-order valence-electron chi connectivity index (χ3n) is 3.50. The molecule has 0 radical (unpaired) electrons. The van der Waals surface area contributed by atoms with E-state index in [2.05, 4.69) is 6.92 Å². The topological polar surface area (TPSA) is 68.7 Å². The van der Waals surface area contributed by atoms with Crippen LogP contribution in [-0.4, -0.2) is 12.5 Å². The molecule has 0 spiro atoms. The van der Waals surface area contributed by atoms with Gasteiger partial charge in [-0.3, -0.25) is 4.79 Å². The van der Waals surface area contributed by atoms with Crippen LogP contribution in [0.1, 0.15) is 25.5 Å². The van der Waals surface area contributed by atoms with Crippen LogP contribution < -0.4 is 15.4 Å². The first kappa shape index (κ1) is 14.3. The SMILES string of the molecule is CCCCN1C(=O)/C(=C\c2ccco2)Oc2cc(N)ccc21. The highest BCUT2D eigenvalue weighted by Gasteiger charge is 2.30. The summed E-state index contributed by atoms with van der Waals surface area (Å²) in [4.78, 5) is 14.4. The normalized spacial score (nSPS) is 15.8. The van der Waals surface area contributed by atoms with E-state index < -0.39 is 0 Å². The quantitative estimate of drug-likeness (QED) is 0.693. The number of nitrogens with zero attached hydrogens (tertiary/aromatic N) is 1. The van der Waals surface area contributed by atoms with Gasteiger partial charge in [-0.25, -0.2) is 0 Å². The van der Waals surface area contributed by atoms with Gasteiger partial charge >= 0.3 is 0 Å². The first-order chi connectivity index (χ1) is 10.7. The van der Waals surface area contributed by atoms with Crippen molar-refractivity contribution in [1.82, 2.24) is 0 Å². The maximum atomic E-state index is 12.7. The number of carbonyl (C=O) groups is 1. The molecule has 5 nitrogen and oxygen atoms in total. The average molecular weight is 298 g/mol. The maximum absolute atomic E-state index is 12.7. The van der Waals surface area contributed by atoms with Gasteiger partial charge in [-0.1, -0.05) is 13.3 Å². The van der Waals surface area contributed by atoms with Gasteiger partial charge in [-0.05, 0) is 30.7 Å². The summed E-state index contributed by atoms with van der Waals surface area (Å²) in [5, 5.41) is 0. The van der Waals surface area contributed by atoms with Gasteiger partial charge in [0.05, 0.1) is 12.0 Å². The number of anilines is 2. The summed E-state index contributed by atoms with van der Waals surface area (Å²) < 4.78 is 11.0. The molecule has 0 aliphatic carbocycles. The number of unbranched alkanes of at least 4 members (excludes halogenated alkanes) is 1. The number of fused-ring (bicyclic) bond motifs is 1. The number of rotatable bonds is 4. The zero-order valence-corrected chi connectivity index (χ0v) is 12.4. The summed E-state index contributed by atoms with van der Waals surface area (Å²) in [5.41, 5.74) is 7.17. The monoisotopic (exact) mass is 298 g/mol. The second kappa shape index (κ2) is 5.97. The molecule has 22 heavy (non-hydrogen) atoms. The summed E-state index contributed by atoms with van der Waals surface area (Å²) >= 11 is 0. The molecule has 0 saturated heterocycles. The molecule has 1 aliphatic heterocycles. The molecule has 0 unspecified atom stereocenters. The number of hydrogen-bond donors (Lipinski definition) is 1. The van der Waals surface area contributed by atoms with Gasteiger partial charge in [-0.15, -0.1) is 0 Å². The maximum Gasteiger partial charge on any atom is 0.294 e. The molecule has 3 rings (SSSR count). The molecule has 0 atom stereocenters. The fourth-order valence-electron chi connectivity index (χ4n) is 2.37. The van der Waals surface area contributed by atoms with Crippen LogP contribution in [0.2, 0.25) is 0 Å². The lowest BCUT2D eigenvalue weighted by molar-refractivity contribution is -0.117. The molecule has 2 heterocycles. The third kappa shape index (κ3) is 2.70. The van der Waals surface area contributed by atoms with E-state index in [9.17, 15) is 4.79 Å². The summed E-state index contributed by atoms with van der Waals surface area (Å²) in [6, 6.07) is 8.86. The van der Waals surface area contributed by atoms with E-state index in [1.54, 1.807) is 41.5 Å². The van der Waals surface area contributed by atoms with Crippen LogP contribution in [0.5, 0.6) is 5.75 Å². The van der Waals surface area contributed by atoms with E-state index in [0.29, 0.717) is 23.7 Å². The van der Waals surface area contributed by atoms with Crippen LogP contribution >= 0.6 is 0 Å². The molecule has 0 fully saturated rings. The Labute approximate surface area is 129 Å². The Balaban J connectivity index is 2.01. The van der Waals surface area contributed by atoms with Crippen LogP contribution in [0.4, 0.5) is 11.4 Å². The van der Waals surface area contributed by atoms with Crippen LogP contribution in [-0.2, 0) is 4.79 Å². The zero-order chi connectivity index (χ0) is 15.5. The van der Waals surface area contributed by atoms with Gasteiger partial charge in [0.1, 0.15) is 5.76 Å². The van der Waals surface area contributed by atoms with E-state index in [-0.39, 0.29) is 11.7 Å². The molecule has 5 heteroatoms. The minimum Gasteiger partial charge on any atom is -0.465 e. The fraction of sp³-hybridized carbons (Fsp3) is 0.235.